The van der Waals surface area contributed by atoms with E-state index >= 15 is 0 Å². The molecular formula is C8H8BNOS. The summed E-state index contributed by atoms with van der Waals surface area (Å²) in [5, 5.41) is 1.96. The number of rotatable bonds is 1. The molecule has 4 heteroatoms. The number of fused-ring (bicyclic) bond motifs is 1. The Kier molecular flexibility index (Phi) is 1.93. The van der Waals surface area contributed by atoms with Gasteiger partial charge in [-0.3, -0.25) is 4.79 Å². The van der Waals surface area contributed by atoms with Crippen LogP contribution in [0.15, 0.2) is 11.4 Å². The summed E-state index contributed by atoms with van der Waals surface area (Å²) in [6.07, 6.45) is 1.28. The molecule has 0 saturated carbocycles. The van der Waals surface area contributed by atoms with Crippen LogP contribution < -0.4 is 0 Å². The third kappa shape index (κ3) is 1.07. The van der Waals surface area contributed by atoms with Gasteiger partial charge >= 0.3 is 0 Å². The van der Waals surface area contributed by atoms with Gasteiger partial charge in [-0.2, -0.15) is 0 Å². The fourth-order valence-electron chi connectivity index (χ4n) is 1.39. The van der Waals surface area contributed by atoms with Crippen LogP contribution in [0, 0.1) is 0 Å². The molecule has 1 aliphatic heterocycles. The molecule has 0 saturated heterocycles. The van der Waals surface area contributed by atoms with Crippen molar-refractivity contribution in [2.75, 3.05) is 13.0 Å². The van der Waals surface area contributed by atoms with Gasteiger partial charge in [0.25, 0.3) is 5.91 Å². The second-order valence-corrected chi connectivity index (χ2v) is 3.69. The zero-order valence-corrected chi connectivity index (χ0v) is 7.43. The predicted octanol–water partition coefficient (Wildman–Crippen LogP) is 0.872. The van der Waals surface area contributed by atoms with Crippen LogP contribution in [0.3, 0.4) is 0 Å². The minimum Gasteiger partial charge on any atom is -0.347 e. The van der Waals surface area contributed by atoms with Crippen LogP contribution in [0.2, 0.25) is 0 Å². The first-order chi connectivity index (χ1) is 5.83. The molecule has 0 atom stereocenters. The lowest BCUT2D eigenvalue weighted by Crippen LogP contribution is -2.37. The molecule has 2 rings (SSSR count). The summed E-state index contributed by atoms with van der Waals surface area (Å²) in [5.41, 5.74) is 1.18. The van der Waals surface area contributed by atoms with Gasteiger partial charge in [-0.15, -0.1) is 11.3 Å². The van der Waals surface area contributed by atoms with Gasteiger partial charge in [0.1, 0.15) is 0 Å². The van der Waals surface area contributed by atoms with Crippen molar-refractivity contribution < 1.29 is 4.79 Å². The molecular weight excluding hydrogens is 169 g/mol. The Balaban J connectivity index is 2.35. The van der Waals surface area contributed by atoms with Gasteiger partial charge in [-0.25, -0.2) is 0 Å². The second-order valence-electron chi connectivity index (χ2n) is 2.78. The number of amides is 1. The molecule has 0 spiro atoms. The van der Waals surface area contributed by atoms with Gasteiger partial charge < -0.3 is 4.90 Å². The molecule has 12 heavy (non-hydrogen) atoms. The lowest BCUT2D eigenvalue weighted by Gasteiger charge is -2.25. The SMILES string of the molecule is [B]CN1CCc2ccsc2C1=O. The molecule has 0 bridgehead atoms. The molecule has 1 aromatic heterocycles. The first-order valence-corrected chi connectivity index (χ1v) is 4.76. The average Bonchev–Trinajstić information content (AvgIpc) is 2.53. The topological polar surface area (TPSA) is 20.3 Å². The summed E-state index contributed by atoms with van der Waals surface area (Å²) in [7, 11) is 5.43. The van der Waals surface area contributed by atoms with Crippen LogP contribution in [0.4, 0.5) is 0 Å². The minimum absolute atomic E-state index is 0.0914. The maximum absolute atomic E-state index is 11.6. The Morgan fingerprint density at radius 1 is 1.67 bits per heavy atom. The molecule has 2 nitrogen and oxygen atoms in total. The van der Waals surface area contributed by atoms with E-state index in [0.717, 1.165) is 17.8 Å². The van der Waals surface area contributed by atoms with E-state index in [2.05, 4.69) is 0 Å². The van der Waals surface area contributed by atoms with Crippen molar-refractivity contribution in [1.82, 2.24) is 4.90 Å². The first kappa shape index (κ1) is 7.86. The zero-order valence-electron chi connectivity index (χ0n) is 6.62. The van der Waals surface area contributed by atoms with E-state index in [4.69, 9.17) is 7.85 Å². The van der Waals surface area contributed by atoms with Crippen LogP contribution in [-0.4, -0.2) is 31.6 Å². The van der Waals surface area contributed by atoms with E-state index in [1.54, 1.807) is 4.90 Å². The number of carbonyl (C=O) groups is 1. The van der Waals surface area contributed by atoms with E-state index in [9.17, 15) is 4.79 Å². The highest BCUT2D eigenvalue weighted by molar-refractivity contribution is 7.12. The van der Waals surface area contributed by atoms with E-state index < -0.39 is 0 Å². The van der Waals surface area contributed by atoms with E-state index in [-0.39, 0.29) is 5.91 Å². The van der Waals surface area contributed by atoms with Gasteiger partial charge in [0.05, 0.1) is 12.7 Å². The van der Waals surface area contributed by atoms with Gasteiger partial charge in [-0.05, 0) is 29.9 Å². The van der Waals surface area contributed by atoms with Crippen LogP contribution in [0.5, 0.6) is 0 Å². The van der Waals surface area contributed by atoms with E-state index in [1.807, 2.05) is 11.4 Å². The quantitative estimate of drug-likeness (QED) is 0.583. The molecule has 0 unspecified atom stereocenters. The highest BCUT2D eigenvalue weighted by atomic mass is 32.1. The van der Waals surface area contributed by atoms with Crippen LogP contribution in [0.25, 0.3) is 0 Å². The van der Waals surface area contributed by atoms with Crippen molar-refractivity contribution in [2.24, 2.45) is 0 Å². The molecule has 0 aromatic carbocycles. The maximum Gasteiger partial charge on any atom is 0.263 e. The third-order valence-corrected chi connectivity index (χ3v) is 3.04. The summed E-state index contributed by atoms with van der Waals surface area (Å²) in [6.45, 7) is 0.763. The smallest absolute Gasteiger partial charge is 0.263 e. The highest BCUT2D eigenvalue weighted by Gasteiger charge is 2.23. The van der Waals surface area contributed by atoms with Gasteiger partial charge in [0.2, 0.25) is 0 Å². The van der Waals surface area contributed by atoms with Gasteiger partial charge in [0, 0.05) is 6.54 Å². The summed E-state index contributed by atoms with van der Waals surface area (Å²) < 4.78 is 0. The van der Waals surface area contributed by atoms with Crippen molar-refractivity contribution in [1.29, 1.82) is 0 Å². The number of hydrogen-bond donors (Lipinski definition) is 0. The normalized spacial score (nSPS) is 16.3. The van der Waals surface area contributed by atoms with Crippen LogP contribution in [-0.2, 0) is 6.42 Å². The second kappa shape index (κ2) is 2.94. The molecule has 60 valence electrons. The Morgan fingerprint density at radius 2 is 2.50 bits per heavy atom. The van der Waals surface area contributed by atoms with Crippen molar-refractivity contribution in [3.63, 3.8) is 0 Å². The standard InChI is InChI=1S/C8H8BNOS/c9-5-10-3-1-6-2-4-12-7(6)8(10)11/h2,4H,1,3,5H2. The number of hydrogen-bond acceptors (Lipinski definition) is 2. The summed E-state index contributed by atoms with van der Waals surface area (Å²) in [6, 6.07) is 2.02. The lowest BCUT2D eigenvalue weighted by molar-refractivity contribution is 0.0775. The summed E-state index contributed by atoms with van der Waals surface area (Å²) >= 11 is 1.51. The third-order valence-electron chi connectivity index (χ3n) is 2.10. The van der Waals surface area contributed by atoms with Crippen molar-refractivity contribution in [3.8, 4) is 0 Å². The predicted molar refractivity (Wildman–Crippen MR) is 49.7 cm³/mol. The molecule has 2 heterocycles. The largest absolute Gasteiger partial charge is 0.347 e. The highest BCUT2D eigenvalue weighted by Crippen LogP contribution is 2.23. The summed E-state index contributed by atoms with van der Waals surface area (Å²) in [4.78, 5) is 14.1. The average molecular weight is 177 g/mol. The van der Waals surface area contributed by atoms with Gasteiger partial charge in [-0.1, -0.05) is 0 Å². The zero-order chi connectivity index (χ0) is 8.55. The first-order valence-electron chi connectivity index (χ1n) is 3.88. The number of carbonyl (C=O) groups excluding carboxylic acids is 1. The fourth-order valence-corrected chi connectivity index (χ4v) is 2.31. The molecule has 1 aromatic rings. The van der Waals surface area contributed by atoms with E-state index in [0.29, 0.717) is 6.44 Å². The number of thiophene rings is 1. The van der Waals surface area contributed by atoms with E-state index in [1.165, 1.54) is 16.9 Å². The number of nitrogens with zero attached hydrogens (tertiary/aromatic N) is 1. The maximum atomic E-state index is 11.6. The Morgan fingerprint density at radius 3 is 3.25 bits per heavy atom. The van der Waals surface area contributed by atoms with Crippen molar-refractivity contribution in [2.45, 2.75) is 6.42 Å². The van der Waals surface area contributed by atoms with Crippen LogP contribution in [0.1, 0.15) is 15.2 Å². The van der Waals surface area contributed by atoms with Gasteiger partial charge in [0.15, 0.2) is 0 Å². The molecule has 0 N–H and O–H groups in total. The van der Waals surface area contributed by atoms with Crippen molar-refractivity contribution >= 4 is 25.1 Å². The fraction of sp³-hybridized carbons (Fsp3) is 0.375. The molecule has 0 aliphatic carbocycles. The monoisotopic (exact) mass is 177 g/mol. The molecule has 2 radical (unpaired) electrons. The van der Waals surface area contributed by atoms with Crippen LogP contribution >= 0.6 is 11.3 Å². The van der Waals surface area contributed by atoms with Crippen molar-refractivity contribution in [3.05, 3.63) is 21.9 Å². The lowest BCUT2D eigenvalue weighted by atomic mass is 10.0. The minimum atomic E-state index is 0.0914. The molecule has 1 amide bonds. The Bertz CT molecular complexity index is 310. The molecule has 0 fully saturated rings. The Labute approximate surface area is 76.6 Å². The summed E-state index contributed by atoms with van der Waals surface area (Å²) in [5.74, 6) is 0.0914. The Hall–Kier alpha value is -0.765. The molecule has 1 aliphatic rings.